The first kappa shape index (κ1) is 14.3. The van der Waals surface area contributed by atoms with E-state index in [1.807, 2.05) is 6.92 Å². The number of benzene rings is 2. The maximum absolute atomic E-state index is 12.2. The summed E-state index contributed by atoms with van der Waals surface area (Å²) in [5.74, 6) is -1.97. The Morgan fingerprint density at radius 2 is 1.64 bits per heavy atom. The number of carbonyl (C=O) groups is 2. The molecule has 2 aromatic rings. The fourth-order valence-corrected chi connectivity index (χ4v) is 2.98. The Bertz CT molecular complexity index is 881. The number of cyclic esters (lactones) is 2. The summed E-state index contributed by atoms with van der Waals surface area (Å²) in [5, 5.41) is 0. The molecule has 1 aliphatic rings. The highest BCUT2D eigenvalue weighted by molar-refractivity contribution is 7.87. The maximum Gasteiger partial charge on any atom is 0.350 e. The van der Waals surface area contributed by atoms with Gasteiger partial charge in [0, 0.05) is 0 Å². The van der Waals surface area contributed by atoms with Crippen LogP contribution < -0.4 is 4.18 Å². The fourth-order valence-electron chi connectivity index (χ4n) is 2.04. The molecule has 0 spiro atoms. The van der Waals surface area contributed by atoms with Gasteiger partial charge in [-0.2, -0.15) is 8.42 Å². The fraction of sp³-hybridized carbons (Fsp3) is 0.0667. The molecule has 0 fully saturated rings. The van der Waals surface area contributed by atoms with Crippen molar-refractivity contribution < 1.29 is 26.9 Å². The van der Waals surface area contributed by atoms with E-state index in [4.69, 9.17) is 4.18 Å². The molecule has 22 heavy (non-hydrogen) atoms. The van der Waals surface area contributed by atoms with Gasteiger partial charge in [-0.1, -0.05) is 23.8 Å². The standard InChI is InChI=1S/C15H10O6S/c1-9-5-7-10(8-6-9)22(18,19)21-12-4-2-3-11-13(12)15(17)20-14(11)16/h2-8H,1H3. The summed E-state index contributed by atoms with van der Waals surface area (Å²) < 4.78 is 33.9. The lowest BCUT2D eigenvalue weighted by molar-refractivity contribution is 0.0443. The summed E-state index contributed by atoms with van der Waals surface area (Å²) in [6.07, 6.45) is 0. The molecular weight excluding hydrogens is 308 g/mol. The average molecular weight is 318 g/mol. The van der Waals surface area contributed by atoms with Gasteiger partial charge in [0.2, 0.25) is 0 Å². The van der Waals surface area contributed by atoms with Crippen molar-refractivity contribution in [3.05, 3.63) is 59.2 Å². The van der Waals surface area contributed by atoms with E-state index in [2.05, 4.69) is 4.74 Å². The lowest BCUT2D eigenvalue weighted by atomic mass is 10.1. The second kappa shape index (κ2) is 4.96. The van der Waals surface area contributed by atoms with Crippen LogP contribution in [0.5, 0.6) is 5.75 Å². The minimum Gasteiger partial charge on any atom is -0.386 e. The van der Waals surface area contributed by atoms with E-state index < -0.39 is 22.1 Å². The highest BCUT2D eigenvalue weighted by Gasteiger charge is 2.34. The quantitative estimate of drug-likeness (QED) is 0.489. The monoisotopic (exact) mass is 318 g/mol. The van der Waals surface area contributed by atoms with Crippen molar-refractivity contribution in [3.63, 3.8) is 0 Å². The van der Waals surface area contributed by atoms with Crippen LogP contribution in [-0.2, 0) is 14.9 Å². The normalized spacial score (nSPS) is 13.7. The third kappa shape index (κ3) is 2.35. The number of esters is 2. The van der Waals surface area contributed by atoms with E-state index in [9.17, 15) is 18.0 Å². The zero-order valence-electron chi connectivity index (χ0n) is 11.4. The van der Waals surface area contributed by atoms with Gasteiger partial charge in [0.05, 0.1) is 5.56 Å². The van der Waals surface area contributed by atoms with Crippen LogP contribution in [-0.4, -0.2) is 20.4 Å². The van der Waals surface area contributed by atoms with Gasteiger partial charge in [0.1, 0.15) is 10.5 Å². The van der Waals surface area contributed by atoms with Gasteiger partial charge in [-0.05, 0) is 31.2 Å². The van der Waals surface area contributed by atoms with Crippen LogP contribution in [0.3, 0.4) is 0 Å². The SMILES string of the molecule is Cc1ccc(S(=O)(=O)Oc2cccc3c2C(=O)OC3=O)cc1. The zero-order valence-corrected chi connectivity index (χ0v) is 12.2. The summed E-state index contributed by atoms with van der Waals surface area (Å²) in [6, 6.07) is 10.1. The van der Waals surface area contributed by atoms with Crippen molar-refractivity contribution in [2.75, 3.05) is 0 Å². The number of aryl methyl sites for hydroxylation is 1. The Kier molecular flexibility index (Phi) is 3.22. The van der Waals surface area contributed by atoms with E-state index in [1.54, 1.807) is 12.1 Å². The molecule has 0 radical (unpaired) electrons. The van der Waals surface area contributed by atoms with Crippen LogP contribution in [0.4, 0.5) is 0 Å². The second-order valence-electron chi connectivity index (χ2n) is 4.71. The van der Waals surface area contributed by atoms with Gasteiger partial charge in [0.25, 0.3) is 0 Å². The van der Waals surface area contributed by atoms with Crippen LogP contribution in [0, 0.1) is 6.92 Å². The van der Waals surface area contributed by atoms with Gasteiger partial charge in [-0.25, -0.2) is 9.59 Å². The average Bonchev–Trinajstić information content (AvgIpc) is 2.75. The highest BCUT2D eigenvalue weighted by atomic mass is 32.2. The molecule has 1 heterocycles. The Balaban J connectivity index is 2.03. The van der Waals surface area contributed by atoms with Gasteiger partial charge in [-0.15, -0.1) is 0 Å². The summed E-state index contributed by atoms with van der Waals surface area (Å²) in [7, 11) is -4.11. The van der Waals surface area contributed by atoms with Crippen LogP contribution in [0.25, 0.3) is 0 Å². The van der Waals surface area contributed by atoms with Crippen molar-refractivity contribution in [2.24, 2.45) is 0 Å². The molecule has 0 unspecified atom stereocenters. The maximum atomic E-state index is 12.2. The van der Waals surface area contributed by atoms with Gasteiger partial charge in [-0.3, -0.25) is 0 Å². The van der Waals surface area contributed by atoms with Gasteiger partial charge >= 0.3 is 22.1 Å². The molecule has 6 nitrogen and oxygen atoms in total. The van der Waals surface area contributed by atoms with Crippen molar-refractivity contribution in [1.29, 1.82) is 0 Å². The largest absolute Gasteiger partial charge is 0.386 e. The summed E-state index contributed by atoms with van der Waals surface area (Å²) in [6.45, 7) is 1.82. The number of carbonyl (C=O) groups excluding carboxylic acids is 2. The van der Waals surface area contributed by atoms with Crippen LogP contribution in [0.2, 0.25) is 0 Å². The molecule has 0 atom stereocenters. The third-order valence-electron chi connectivity index (χ3n) is 3.14. The second-order valence-corrected chi connectivity index (χ2v) is 6.25. The highest BCUT2D eigenvalue weighted by Crippen LogP contribution is 2.31. The summed E-state index contributed by atoms with van der Waals surface area (Å²) in [5.41, 5.74) is 0.707. The number of fused-ring (bicyclic) bond motifs is 1. The molecule has 0 saturated heterocycles. The third-order valence-corrected chi connectivity index (χ3v) is 4.39. The predicted octanol–water partition coefficient (Wildman–Crippen LogP) is 2.07. The van der Waals surface area contributed by atoms with Crippen LogP contribution >= 0.6 is 0 Å². The first-order valence-corrected chi connectivity index (χ1v) is 7.70. The van der Waals surface area contributed by atoms with Gasteiger partial charge < -0.3 is 8.92 Å². The molecule has 3 rings (SSSR count). The number of rotatable bonds is 3. The van der Waals surface area contributed by atoms with E-state index in [-0.39, 0.29) is 21.8 Å². The minimum absolute atomic E-state index is 0.0124. The molecule has 1 aliphatic heterocycles. The minimum atomic E-state index is -4.11. The molecule has 0 aliphatic carbocycles. The van der Waals surface area contributed by atoms with E-state index in [0.717, 1.165) is 5.56 Å². The van der Waals surface area contributed by atoms with Crippen molar-refractivity contribution in [2.45, 2.75) is 11.8 Å². The molecule has 0 saturated carbocycles. The molecule has 0 N–H and O–H groups in total. The molecule has 7 heteroatoms. The first-order valence-electron chi connectivity index (χ1n) is 6.29. The van der Waals surface area contributed by atoms with Crippen molar-refractivity contribution in [1.82, 2.24) is 0 Å². The van der Waals surface area contributed by atoms with Crippen LogP contribution in [0.15, 0.2) is 47.4 Å². The Morgan fingerprint density at radius 3 is 2.32 bits per heavy atom. The lowest BCUT2D eigenvalue weighted by Gasteiger charge is -2.09. The zero-order chi connectivity index (χ0) is 15.9. The van der Waals surface area contributed by atoms with Crippen LogP contribution in [0.1, 0.15) is 26.3 Å². The molecule has 112 valence electrons. The number of hydrogen-bond acceptors (Lipinski definition) is 6. The molecular formula is C15H10O6S. The van der Waals surface area contributed by atoms with E-state index in [1.165, 1.54) is 30.3 Å². The van der Waals surface area contributed by atoms with Crippen molar-refractivity contribution in [3.8, 4) is 5.75 Å². The molecule has 0 aromatic heterocycles. The molecule has 0 bridgehead atoms. The van der Waals surface area contributed by atoms with E-state index >= 15 is 0 Å². The Hall–Kier alpha value is -2.67. The predicted molar refractivity (Wildman–Crippen MR) is 75.2 cm³/mol. The smallest absolute Gasteiger partial charge is 0.350 e. The van der Waals surface area contributed by atoms with Crippen molar-refractivity contribution >= 4 is 22.1 Å². The Labute approximate surface area is 126 Å². The first-order chi connectivity index (χ1) is 10.4. The molecule has 2 aromatic carbocycles. The van der Waals surface area contributed by atoms with Gasteiger partial charge in [0.15, 0.2) is 5.75 Å². The number of ether oxygens (including phenoxy) is 1. The Morgan fingerprint density at radius 1 is 0.955 bits per heavy atom. The molecule has 0 amide bonds. The van der Waals surface area contributed by atoms with E-state index in [0.29, 0.717) is 0 Å². The lowest BCUT2D eigenvalue weighted by Crippen LogP contribution is -2.12. The summed E-state index contributed by atoms with van der Waals surface area (Å²) in [4.78, 5) is 23.1. The topological polar surface area (TPSA) is 86.7 Å². The summed E-state index contributed by atoms with van der Waals surface area (Å²) >= 11 is 0. The number of hydrogen-bond donors (Lipinski definition) is 0.